The molecular weight excluding hydrogens is 486 g/mol. The van der Waals surface area contributed by atoms with Crippen LogP contribution >= 0.6 is 0 Å². The normalized spacial score (nSPS) is 14.0. The highest BCUT2D eigenvalue weighted by Crippen LogP contribution is 2.36. The van der Waals surface area contributed by atoms with Crippen molar-refractivity contribution in [2.75, 3.05) is 31.0 Å². The second-order valence-electron chi connectivity index (χ2n) is 8.67. The molecule has 2 unspecified atom stereocenters. The van der Waals surface area contributed by atoms with E-state index in [9.17, 15) is 18.0 Å². The smallest absolute Gasteiger partial charge is 0.244 e. The van der Waals surface area contributed by atoms with Gasteiger partial charge in [0.1, 0.15) is 18.3 Å². The molecule has 0 radical (unpaired) electrons. The Balaban J connectivity index is 1.90. The van der Waals surface area contributed by atoms with Crippen molar-refractivity contribution in [1.29, 1.82) is 0 Å². The second kappa shape index (κ2) is 11.5. The Bertz CT molecular complexity index is 1180. The summed E-state index contributed by atoms with van der Waals surface area (Å²) in [5.41, 5.74) is 1.03. The number of rotatable bonds is 11. The maximum atomic E-state index is 13.6. The summed E-state index contributed by atoms with van der Waals surface area (Å²) in [6.07, 6.45) is 1.76. The summed E-state index contributed by atoms with van der Waals surface area (Å²) >= 11 is 0. The third-order valence-electron chi connectivity index (χ3n) is 6.00. The molecule has 3 rings (SSSR count). The molecule has 0 bridgehead atoms. The van der Waals surface area contributed by atoms with Crippen LogP contribution in [-0.2, 0) is 26.2 Å². The number of ether oxygens (including phenoxy) is 3. The van der Waals surface area contributed by atoms with E-state index in [1.807, 2.05) is 13.8 Å². The van der Waals surface area contributed by atoms with Crippen LogP contribution in [0.15, 0.2) is 42.5 Å². The van der Waals surface area contributed by atoms with E-state index in [4.69, 9.17) is 14.2 Å². The Labute approximate surface area is 212 Å². The lowest BCUT2D eigenvalue weighted by Gasteiger charge is -2.32. The summed E-state index contributed by atoms with van der Waals surface area (Å²) in [4.78, 5) is 27.9. The average Bonchev–Trinajstić information content (AvgIpc) is 3.32. The summed E-state index contributed by atoms with van der Waals surface area (Å²) in [5, 5.41) is 2.90. The van der Waals surface area contributed by atoms with E-state index in [1.165, 1.54) is 11.0 Å². The fourth-order valence-corrected chi connectivity index (χ4v) is 4.47. The molecule has 1 aliphatic heterocycles. The molecular formula is C25H33N3O7S. The van der Waals surface area contributed by atoms with E-state index in [1.54, 1.807) is 50.4 Å². The van der Waals surface area contributed by atoms with Gasteiger partial charge in [-0.25, -0.2) is 8.42 Å². The first-order chi connectivity index (χ1) is 17.0. The van der Waals surface area contributed by atoms with Crippen LogP contribution in [0.5, 0.6) is 17.2 Å². The fraction of sp³-hybridized carbons (Fsp3) is 0.440. The van der Waals surface area contributed by atoms with Gasteiger partial charge in [0.25, 0.3) is 0 Å². The molecule has 2 atom stereocenters. The monoisotopic (exact) mass is 519 g/mol. The van der Waals surface area contributed by atoms with Gasteiger partial charge in [-0.3, -0.25) is 13.9 Å². The number of carbonyl (C=O) groups excluding carboxylic acids is 2. The van der Waals surface area contributed by atoms with Crippen molar-refractivity contribution in [3.05, 3.63) is 48.0 Å². The number of hydrogen-bond donors (Lipinski definition) is 1. The van der Waals surface area contributed by atoms with Gasteiger partial charge in [0.05, 0.1) is 19.1 Å². The molecule has 2 amide bonds. The van der Waals surface area contributed by atoms with E-state index in [0.29, 0.717) is 17.2 Å². The number of hydrogen-bond acceptors (Lipinski definition) is 7. The first-order valence-corrected chi connectivity index (χ1v) is 13.5. The third-order valence-corrected chi connectivity index (χ3v) is 7.14. The fourth-order valence-electron chi connectivity index (χ4n) is 3.63. The molecule has 36 heavy (non-hydrogen) atoms. The summed E-state index contributed by atoms with van der Waals surface area (Å²) in [5.74, 6) is 0.700. The second-order valence-corrected chi connectivity index (χ2v) is 10.6. The van der Waals surface area contributed by atoms with Crippen LogP contribution < -0.4 is 23.8 Å². The molecule has 11 heteroatoms. The molecule has 0 saturated carbocycles. The van der Waals surface area contributed by atoms with Crippen molar-refractivity contribution in [2.24, 2.45) is 0 Å². The van der Waals surface area contributed by atoms with E-state index in [-0.39, 0.29) is 31.0 Å². The van der Waals surface area contributed by atoms with Crippen molar-refractivity contribution in [1.82, 2.24) is 10.2 Å². The minimum absolute atomic E-state index is 0.0367. The quantitative estimate of drug-likeness (QED) is 0.485. The zero-order chi connectivity index (χ0) is 26.5. The van der Waals surface area contributed by atoms with Gasteiger partial charge in [-0.2, -0.15) is 0 Å². The van der Waals surface area contributed by atoms with Crippen LogP contribution in [0.1, 0.15) is 32.8 Å². The predicted molar refractivity (Wildman–Crippen MR) is 136 cm³/mol. The number of benzene rings is 2. The Morgan fingerprint density at radius 3 is 2.36 bits per heavy atom. The van der Waals surface area contributed by atoms with Gasteiger partial charge in [-0.05, 0) is 50.1 Å². The molecule has 1 aliphatic rings. The summed E-state index contributed by atoms with van der Waals surface area (Å²) < 4.78 is 42.3. The molecule has 0 fully saturated rings. The van der Waals surface area contributed by atoms with Gasteiger partial charge in [-0.15, -0.1) is 0 Å². The molecule has 196 valence electrons. The first kappa shape index (κ1) is 27.1. The minimum Gasteiger partial charge on any atom is -0.497 e. The van der Waals surface area contributed by atoms with Crippen LogP contribution in [-0.4, -0.2) is 63.9 Å². The number of amides is 2. The molecule has 1 heterocycles. The van der Waals surface area contributed by atoms with Crippen molar-refractivity contribution in [3.63, 3.8) is 0 Å². The minimum atomic E-state index is -3.84. The Kier molecular flexibility index (Phi) is 8.67. The summed E-state index contributed by atoms with van der Waals surface area (Å²) in [7, 11) is -2.28. The van der Waals surface area contributed by atoms with Crippen LogP contribution in [0.3, 0.4) is 0 Å². The Hall–Kier alpha value is -3.47. The van der Waals surface area contributed by atoms with Crippen molar-refractivity contribution in [2.45, 2.75) is 45.8 Å². The number of anilines is 1. The molecule has 1 N–H and O–H groups in total. The predicted octanol–water partition coefficient (Wildman–Crippen LogP) is 2.52. The molecule has 2 aromatic carbocycles. The lowest BCUT2D eigenvalue weighted by molar-refractivity contribution is -0.139. The molecule has 0 spiro atoms. The van der Waals surface area contributed by atoms with Gasteiger partial charge >= 0.3 is 0 Å². The van der Waals surface area contributed by atoms with Crippen LogP contribution in [0.4, 0.5) is 5.69 Å². The summed E-state index contributed by atoms with van der Waals surface area (Å²) in [6.45, 7) is 5.11. The average molecular weight is 520 g/mol. The van der Waals surface area contributed by atoms with E-state index in [2.05, 4.69) is 5.32 Å². The van der Waals surface area contributed by atoms with E-state index in [0.717, 1.165) is 22.5 Å². The van der Waals surface area contributed by atoms with Gasteiger partial charge in [-0.1, -0.05) is 19.1 Å². The van der Waals surface area contributed by atoms with Gasteiger partial charge in [0.15, 0.2) is 11.5 Å². The maximum absolute atomic E-state index is 13.6. The van der Waals surface area contributed by atoms with Gasteiger partial charge < -0.3 is 24.4 Å². The third kappa shape index (κ3) is 6.60. The standard InChI is InChI=1S/C25H33N3O7S/c1-6-17(2)26-25(30)18(3)27(14-19-7-10-21(33-4)11-8-19)24(29)15-28(36(5,31)32)20-9-12-22-23(13-20)35-16-34-22/h7-13,17-18H,6,14-16H2,1-5H3,(H,26,30). The summed E-state index contributed by atoms with van der Waals surface area (Å²) in [6, 6.07) is 10.9. The number of fused-ring (bicyclic) bond motifs is 1. The molecule has 0 aromatic heterocycles. The number of sulfonamides is 1. The zero-order valence-electron chi connectivity index (χ0n) is 21.2. The highest BCUT2D eigenvalue weighted by atomic mass is 32.2. The lowest BCUT2D eigenvalue weighted by Crippen LogP contribution is -2.52. The number of carbonyl (C=O) groups is 2. The zero-order valence-corrected chi connectivity index (χ0v) is 22.0. The van der Waals surface area contributed by atoms with Crippen molar-refractivity contribution in [3.8, 4) is 17.2 Å². The Morgan fingerprint density at radius 2 is 1.75 bits per heavy atom. The van der Waals surface area contributed by atoms with Crippen LogP contribution in [0.2, 0.25) is 0 Å². The SMILES string of the molecule is CCC(C)NC(=O)C(C)N(Cc1ccc(OC)cc1)C(=O)CN(c1ccc2c(c1)OCO2)S(C)(=O)=O. The highest BCUT2D eigenvalue weighted by molar-refractivity contribution is 7.92. The maximum Gasteiger partial charge on any atom is 0.244 e. The van der Waals surface area contributed by atoms with Crippen molar-refractivity contribution >= 4 is 27.5 Å². The lowest BCUT2D eigenvalue weighted by atomic mass is 10.1. The molecule has 2 aromatic rings. The van der Waals surface area contributed by atoms with Crippen molar-refractivity contribution < 1.29 is 32.2 Å². The van der Waals surface area contributed by atoms with Gasteiger partial charge in [0.2, 0.25) is 28.6 Å². The number of nitrogens with zero attached hydrogens (tertiary/aromatic N) is 2. The molecule has 10 nitrogen and oxygen atoms in total. The molecule has 0 aliphatic carbocycles. The highest BCUT2D eigenvalue weighted by Gasteiger charge is 2.31. The largest absolute Gasteiger partial charge is 0.497 e. The first-order valence-electron chi connectivity index (χ1n) is 11.6. The van der Waals surface area contributed by atoms with E-state index < -0.39 is 28.5 Å². The number of nitrogens with one attached hydrogen (secondary N) is 1. The van der Waals surface area contributed by atoms with E-state index >= 15 is 0 Å². The van der Waals surface area contributed by atoms with Crippen LogP contribution in [0, 0.1) is 0 Å². The van der Waals surface area contributed by atoms with Gasteiger partial charge in [0, 0.05) is 18.7 Å². The number of methoxy groups -OCH3 is 1. The topological polar surface area (TPSA) is 114 Å². The Morgan fingerprint density at radius 1 is 1.08 bits per heavy atom. The molecule has 0 saturated heterocycles. The van der Waals surface area contributed by atoms with Crippen LogP contribution in [0.25, 0.3) is 0 Å².